The highest BCUT2D eigenvalue weighted by Crippen LogP contribution is 2.12. The van der Waals surface area contributed by atoms with E-state index in [0.717, 1.165) is 11.0 Å². The van der Waals surface area contributed by atoms with Gasteiger partial charge in [-0.3, -0.25) is 14.9 Å². The molecule has 132 valence electrons. The summed E-state index contributed by atoms with van der Waals surface area (Å²) in [4.78, 5) is 22.1. The summed E-state index contributed by atoms with van der Waals surface area (Å²) < 4.78 is 1.71. The Morgan fingerprint density at radius 2 is 1.96 bits per heavy atom. The molecule has 0 fully saturated rings. The summed E-state index contributed by atoms with van der Waals surface area (Å²) in [5, 5.41) is 22.8. The molecule has 2 aromatic carbocycles. The van der Waals surface area contributed by atoms with Crippen LogP contribution in [0.1, 0.15) is 12.5 Å². The van der Waals surface area contributed by atoms with E-state index in [1.54, 1.807) is 23.7 Å². The molecule has 0 spiro atoms. The van der Waals surface area contributed by atoms with E-state index >= 15 is 0 Å². The summed E-state index contributed by atoms with van der Waals surface area (Å²) >= 11 is 0. The number of para-hydroxylation sites is 1. The average molecular weight is 352 g/mol. The topological polar surface area (TPSA) is 115 Å². The van der Waals surface area contributed by atoms with Crippen LogP contribution in [0.15, 0.2) is 53.6 Å². The standard InChI is InChI=1S/C17H16N6O3/c1-12(11-22-16-5-3-2-4-15(16)19-21-22)18-20-17(24)10-13-6-8-14(9-7-13)23(25)26/h2-9H,10-11H2,1H3,(H,20,24)/b18-12-. The molecule has 0 aliphatic rings. The normalized spacial score (nSPS) is 11.5. The fourth-order valence-corrected chi connectivity index (χ4v) is 2.40. The molecule has 0 aliphatic carbocycles. The second-order valence-electron chi connectivity index (χ2n) is 5.72. The van der Waals surface area contributed by atoms with Gasteiger partial charge in [-0.05, 0) is 24.6 Å². The van der Waals surface area contributed by atoms with Crippen molar-refractivity contribution in [1.29, 1.82) is 0 Å². The lowest BCUT2D eigenvalue weighted by molar-refractivity contribution is -0.384. The van der Waals surface area contributed by atoms with Gasteiger partial charge in [0, 0.05) is 12.1 Å². The Morgan fingerprint density at radius 1 is 1.23 bits per heavy atom. The average Bonchev–Trinajstić information content (AvgIpc) is 3.03. The van der Waals surface area contributed by atoms with Crippen LogP contribution in [0.2, 0.25) is 0 Å². The van der Waals surface area contributed by atoms with Gasteiger partial charge in [-0.2, -0.15) is 5.10 Å². The third kappa shape index (κ3) is 4.07. The molecule has 3 rings (SSSR count). The Labute approximate surface area is 148 Å². The number of hydrogen-bond donors (Lipinski definition) is 1. The van der Waals surface area contributed by atoms with E-state index in [9.17, 15) is 14.9 Å². The zero-order valence-corrected chi connectivity index (χ0v) is 14.0. The molecule has 26 heavy (non-hydrogen) atoms. The molecular formula is C17H16N6O3. The van der Waals surface area contributed by atoms with Crippen LogP contribution in [0.3, 0.4) is 0 Å². The summed E-state index contributed by atoms with van der Waals surface area (Å²) in [6, 6.07) is 13.4. The third-order valence-corrected chi connectivity index (χ3v) is 3.68. The van der Waals surface area contributed by atoms with E-state index in [2.05, 4.69) is 20.8 Å². The summed E-state index contributed by atoms with van der Waals surface area (Å²) in [7, 11) is 0. The molecule has 0 saturated heterocycles. The van der Waals surface area contributed by atoms with Gasteiger partial charge in [0.2, 0.25) is 5.91 Å². The van der Waals surface area contributed by atoms with Crippen LogP contribution in [0.4, 0.5) is 5.69 Å². The molecule has 0 aliphatic heterocycles. The molecule has 0 saturated carbocycles. The molecule has 0 radical (unpaired) electrons. The Hall–Kier alpha value is -3.62. The maximum Gasteiger partial charge on any atom is 0.269 e. The number of nitrogens with one attached hydrogen (secondary N) is 1. The summed E-state index contributed by atoms with van der Waals surface area (Å²) in [5.41, 5.74) is 5.49. The molecular weight excluding hydrogens is 336 g/mol. The predicted molar refractivity (Wildman–Crippen MR) is 95.6 cm³/mol. The molecule has 9 nitrogen and oxygen atoms in total. The van der Waals surface area contributed by atoms with Gasteiger partial charge < -0.3 is 0 Å². The Kier molecular flexibility index (Phi) is 4.97. The quantitative estimate of drug-likeness (QED) is 0.414. The second kappa shape index (κ2) is 7.51. The largest absolute Gasteiger partial charge is 0.273 e. The van der Waals surface area contributed by atoms with Crippen molar-refractivity contribution in [2.75, 3.05) is 0 Å². The van der Waals surface area contributed by atoms with Gasteiger partial charge in [0.1, 0.15) is 5.52 Å². The van der Waals surface area contributed by atoms with Gasteiger partial charge >= 0.3 is 0 Å². The van der Waals surface area contributed by atoms with Crippen molar-refractivity contribution in [1.82, 2.24) is 20.4 Å². The molecule has 3 aromatic rings. The molecule has 0 unspecified atom stereocenters. The summed E-state index contributed by atoms with van der Waals surface area (Å²) in [5.74, 6) is -0.304. The van der Waals surface area contributed by atoms with Crippen molar-refractivity contribution in [3.63, 3.8) is 0 Å². The highest BCUT2D eigenvalue weighted by Gasteiger charge is 2.08. The van der Waals surface area contributed by atoms with E-state index in [1.807, 2.05) is 24.3 Å². The molecule has 1 N–H and O–H groups in total. The first-order valence-electron chi connectivity index (χ1n) is 7.86. The van der Waals surface area contributed by atoms with E-state index in [4.69, 9.17) is 0 Å². The Balaban J connectivity index is 1.58. The molecule has 9 heteroatoms. The van der Waals surface area contributed by atoms with Crippen molar-refractivity contribution in [3.05, 3.63) is 64.2 Å². The van der Waals surface area contributed by atoms with Crippen LogP contribution in [-0.4, -0.2) is 31.5 Å². The number of amides is 1. The van der Waals surface area contributed by atoms with E-state index < -0.39 is 4.92 Å². The highest BCUT2D eigenvalue weighted by molar-refractivity contribution is 5.86. The van der Waals surface area contributed by atoms with Crippen LogP contribution in [-0.2, 0) is 17.8 Å². The number of benzene rings is 2. The third-order valence-electron chi connectivity index (χ3n) is 3.68. The van der Waals surface area contributed by atoms with Gasteiger partial charge in [-0.15, -0.1) is 5.10 Å². The number of aromatic nitrogens is 3. The van der Waals surface area contributed by atoms with Crippen LogP contribution in [0, 0.1) is 10.1 Å². The van der Waals surface area contributed by atoms with Gasteiger partial charge in [-0.1, -0.05) is 29.5 Å². The number of rotatable bonds is 6. The molecule has 1 aromatic heterocycles. The number of non-ortho nitro benzene ring substituents is 1. The first-order chi connectivity index (χ1) is 12.5. The van der Waals surface area contributed by atoms with Crippen molar-refractivity contribution < 1.29 is 9.72 Å². The molecule has 0 bridgehead atoms. The Morgan fingerprint density at radius 3 is 2.69 bits per heavy atom. The number of hydrazone groups is 1. The molecule has 1 amide bonds. The highest BCUT2D eigenvalue weighted by atomic mass is 16.6. The summed E-state index contributed by atoms with van der Waals surface area (Å²) in [6.07, 6.45) is 0.0844. The van der Waals surface area contributed by atoms with Gasteiger partial charge in [0.25, 0.3) is 5.69 Å². The Bertz CT molecular complexity index is 978. The number of fused-ring (bicyclic) bond motifs is 1. The monoisotopic (exact) mass is 352 g/mol. The minimum absolute atomic E-state index is 0.0110. The fourth-order valence-electron chi connectivity index (χ4n) is 2.40. The molecule has 0 atom stereocenters. The number of carbonyl (C=O) groups is 1. The van der Waals surface area contributed by atoms with Crippen LogP contribution in [0.25, 0.3) is 11.0 Å². The van der Waals surface area contributed by atoms with Crippen molar-refractivity contribution in [2.24, 2.45) is 5.10 Å². The fraction of sp³-hybridized carbons (Fsp3) is 0.176. The van der Waals surface area contributed by atoms with Crippen LogP contribution >= 0.6 is 0 Å². The van der Waals surface area contributed by atoms with Crippen molar-refractivity contribution in [3.8, 4) is 0 Å². The van der Waals surface area contributed by atoms with Crippen molar-refractivity contribution >= 4 is 28.3 Å². The SMILES string of the molecule is C/C(Cn1nnc2ccccc21)=N/NC(=O)Cc1ccc([N+](=O)[O-])cc1. The minimum Gasteiger partial charge on any atom is -0.273 e. The number of nitrogens with zero attached hydrogens (tertiary/aromatic N) is 5. The lowest BCUT2D eigenvalue weighted by Crippen LogP contribution is -2.22. The van der Waals surface area contributed by atoms with E-state index in [0.29, 0.717) is 17.8 Å². The zero-order chi connectivity index (χ0) is 18.5. The maximum absolute atomic E-state index is 12.0. The number of nitro groups is 1. The maximum atomic E-state index is 12.0. The number of nitro benzene ring substituents is 1. The minimum atomic E-state index is -0.481. The van der Waals surface area contributed by atoms with Gasteiger partial charge in [0.05, 0.1) is 29.1 Å². The molecule has 1 heterocycles. The van der Waals surface area contributed by atoms with Gasteiger partial charge in [0.15, 0.2) is 0 Å². The predicted octanol–water partition coefficient (Wildman–Crippen LogP) is 2.07. The van der Waals surface area contributed by atoms with Gasteiger partial charge in [-0.25, -0.2) is 10.1 Å². The lowest BCUT2D eigenvalue weighted by Gasteiger charge is -2.04. The lowest BCUT2D eigenvalue weighted by atomic mass is 10.1. The smallest absolute Gasteiger partial charge is 0.269 e. The van der Waals surface area contributed by atoms with Crippen LogP contribution < -0.4 is 5.43 Å². The van der Waals surface area contributed by atoms with Crippen molar-refractivity contribution in [2.45, 2.75) is 19.9 Å². The second-order valence-corrected chi connectivity index (χ2v) is 5.72. The number of carbonyl (C=O) groups excluding carboxylic acids is 1. The zero-order valence-electron chi connectivity index (χ0n) is 14.0. The van der Waals surface area contributed by atoms with Crippen LogP contribution in [0.5, 0.6) is 0 Å². The number of hydrogen-bond acceptors (Lipinski definition) is 6. The first kappa shape index (κ1) is 17.2. The summed E-state index contributed by atoms with van der Waals surface area (Å²) in [6.45, 7) is 2.18. The first-order valence-corrected chi connectivity index (χ1v) is 7.86. The van der Waals surface area contributed by atoms with E-state index in [-0.39, 0.29) is 18.0 Å². The van der Waals surface area contributed by atoms with E-state index in [1.165, 1.54) is 12.1 Å².